The Hall–Kier alpha value is -1.48. The van der Waals surface area contributed by atoms with E-state index in [2.05, 4.69) is 16.3 Å². The van der Waals surface area contributed by atoms with E-state index in [0.717, 1.165) is 29.1 Å². The van der Waals surface area contributed by atoms with Crippen LogP contribution in [0.2, 0.25) is 5.02 Å². The second-order valence-electron chi connectivity index (χ2n) is 4.15. The third kappa shape index (κ3) is 1.48. The summed E-state index contributed by atoms with van der Waals surface area (Å²) in [6.45, 7) is 0. The number of aryl methyl sites for hydroxylation is 1. The number of nitrogens with two attached hydrogens (primary N) is 1. The minimum Gasteiger partial charge on any atom is -0.382 e. The monoisotopic (exact) mass is 233 g/mol. The number of hydrogen-bond acceptors (Lipinski definition) is 2. The van der Waals surface area contributed by atoms with Gasteiger partial charge in [0.15, 0.2) is 0 Å². The molecular formula is C12H12ClN3. The van der Waals surface area contributed by atoms with Crippen LogP contribution in [0.1, 0.15) is 17.5 Å². The van der Waals surface area contributed by atoms with Crippen LogP contribution in [0.25, 0.3) is 11.3 Å². The smallest absolute Gasteiger partial charge is 0.145 e. The Balaban J connectivity index is 2.20. The van der Waals surface area contributed by atoms with Crippen LogP contribution in [0.4, 0.5) is 5.82 Å². The van der Waals surface area contributed by atoms with E-state index < -0.39 is 0 Å². The SMILES string of the molecule is Nc1cc(-c2cc(Cl)cc3c2CCC3)[nH]n1. The molecule has 0 amide bonds. The van der Waals surface area contributed by atoms with Crippen molar-refractivity contribution >= 4 is 17.4 Å². The highest BCUT2D eigenvalue weighted by molar-refractivity contribution is 6.31. The van der Waals surface area contributed by atoms with Crippen LogP contribution in [-0.2, 0) is 12.8 Å². The molecule has 2 aromatic rings. The molecule has 3 N–H and O–H groups in total. The number of nitrogens with one attached hydrogen (secondary N) is 1. The van der Waals surface area contributed by atoms with Crippen LogP contribution in [0.5, 0.6) is 0 Å². The zero-order valence-electron chi connectivity index (χ0n) is 8.76. The number of aromatic nitrogens is 2. The molecule has 0 atom stereocenters. The first kappa shape index (κ1) is 9.73. The molecule has 1 aliphatic rings. The van der Waals surface area contributed by atoms with Crippen molar-refractivity contribution in [2.45, 2.75) is 19.3 Å². The summed E-state index contributed by atoms with van der Waals surface area (Å²) >= 11 is 6.12. The first-order valence-electron chi connectivity index (χ1n) is 5.36. The lowest BCUT2D eigenvalue weighted by Gasteiger charge is -2.07. The quantitative estimate of drug-likeness (QED) is 0.796. The maximum atomic E-state index is 6.12. The zero-order chi connectivity index (χ0) is 11.1. The van der Waals surface area contributed by atoms with E-state index in [1.165, 1.54) is 17.5 Å². The number of nitrogens with zero attached hydrogens (tertiary/aromatic N) is 1. The molecule has 1 aromatic carbocycles. The summed E-state index contributed by atoms with van der Waals surface area (Å²) in [5.41, 5.74) is 10.5. The van der Waals surface area contributed by atoms with E-state index in [-0.39, 0.29) is 0 Å². The molecule has 4 heteroatoms. The van der Waals surface area contributed by atoms with Crippen LogP contribution >= 0.6 is 11.6 Å². The molecule has 0 radical (unpaired) electrons. The number of anilines is 1. The van der Waals surface area contributed by atoms with Crippen molar-refractivity contribution in [3.63, 3.8) is 0 Å². The second kappa shape index (κ2) is 3.52. The van der Waals surface area contributed by atoms with E-state index in [0.29, 0.717) is 5.82 Å². The number of H-pyrrole nitrogens is 1. The van der Waals surface area contributed by atoms with Gasteiger partial charge in [0.2, 0.25) is 0 Å². The molecule has 1 aliphatic carbocycles. The molecule has 16 heavy (non-hydrogen) atoms. The van der Waals surface area contributed by atoms with Gasteiger partial charge in [-0.3, -0.25) is 5.10 Å². The molecule has 0 unspecified atom stereocenters. The maximum Gasteiger partial charge on any atom is 0.145 e. The fourth-order valence-corrected chi connectivity index (χ4v) is 2.62. The van der Waals surface area contributed by atoms with E-state index in [1.54, 1.807) is 0 Å². The minimum atomic E-state index is 0.515. The van der Waals surface area contributed by atoms with Gasteiger partial charge in [-0.1, -0.05) is 11.6 Å². The summed E-state index contributed by atoms with van der Waals surface area (Å²) in [6.07, 6.45) is 3.43. The lowest BCUT2D eigenvalue weighted by atomic mass is 10.0. The molecule has 3 rings (SSSR count). The van der Waals surface area contributed by atoms with Crippen LogP contribution in [-0.4, -0.2) is 10.2 Å². The van der Waals surface area contributed by atoms with Crippen molar-refractivity contribution in [3.05, 3.63) is 34.3 Å². The topological polar surface area (TPSA) is 54.7 Å². The van der Waals surface area contributed by atoms with E-state index in [9.17, 15) is 0 Å². The molecule has 3 nitrogen and oxygen atoms in total. The number of rotatable bonds is 1. The third-order valence-corrected chi connectivity index (χ3v) is 3.29. The van der Waals surface area contributed by atoms with Gasteiger partial charge < -0.3 is 5.73 Å². The Morgan fingerprint density at radius 2 is 2.12 bits per heavy atom. The highest BCUT2D eigenvalue weighted by Crippen LogP contribution is 2.34. The Kier molecular flexibility index (Phi) is 2.14. The summed E-state index contributed by atoms with van der Waals surface area (Å²) in [6, 6.07) is 5.90. The number of hydrogen-bond donors (Lipinski definition) is 2. The number of halogens is 1. The molecule has 82 valence electrons. The predicted molar refractivity (Wildman–Crippen MR) is 65.5 cm³/mol. The number of aromatic amines is 1. The largest absolute Gasteiger partial charge is 0.382 e. The molecule has 0 saturated carbocycles. The van der Waals surface area contributed by atoms with Gasteiger partial charge in [0.1, 0.15) is 5.82 Å². The molecule has 1 heterocycles. The van der Waals surface area contributed by atoms with Gasteiger partial charge in [-0.05, 0) is 42.5 Å². The van der Waals surface area contributed by atoms with Crippen molar-refractivity contribution < 1.29 is 0 Å². The summed E-state index contributed by atoms with van der Waals surface area (Å²) in [5, 5.41) is 7.68. The van der Waals surface area contributed by atoms with Gasteiger partial charge in [0.05, 0.1) is 5.69 Å². The van der Waals surface area contributed by atoms with Crippen molar-refractivity contribution in [2.75, 3.05) is 5.73 Å². The van der Waals surface area contributed by atoms with Gasteiger partial charge in [0, 0.05) is 16.7 Å². The Bertz CT molecular complexity index is 545. The Morgan fingerprint density at radius 3 is 2.88 bits per heavy atom. The predicted octanol–water partition coefficient (Wildman–Crippen LogP) is 2.80. The molecule has 0 bridgehead atoms. The van der Waals surface area contributed by atoms with Crippen LogP contribution < -0.4 is 5.73 Å². The van der Waals surface area contributed by atoms with Gasteiger partial charge >= 0.3 is 0 Å². The van der Waals surface area contributed by atoms with E-state index in [1.807, 2.05) is 12.1 Å². The van der Waals surface area contributed by atoms with Crippen molar-refractivity contribution in [1.82, 2.24) is 10.2 Å². The first-order valence-corrected chi connectivity index (χ1v) is 5.74. The lowest BCUT2D eigenvalue weighted by Crippen LogP contribution is -1.89. The normalized spacial score (nSPS) is 14.1. The number of benzene rings is 1. The molecule has 1 aromatic heterocycles. The highest BCUT2D eigenvalue weighted by atomic mass is 35.5. The molecule has 0 spiro atoms. The summed E-state index contributed by atoms with van der Waals surface area (Å²) in [5.74, 6) is 0.515. The Labute approximate surface area is 98.6 Å². The molecule has 0 saturated heterocycles. The average Bonchev–Trinajstić information content (AvgIpc) is 2.84. The summed E-state index contributed by atoms with van der Waals surface area (Å²) in [7, 11) is 0. The zero-order valence-corrected chi connectivity index (χ0v) is 9.51. The number of nitrogen functional groups attached to an aromatic ring is 1. The van der Waals surface area contributed by atoms with Crippen LogP contribution in [0.3, 0.4) is 0 Å². The molecule has 0 aliphatic heterocycles. The van der Waals surface area contributed by atoms with Crippen molar-refractivity contribution in [2.24, 2.45) is 0 Å². The van der Waals surface area contributed by atoms with Gasteiger partial charge in [0.25, 0.3) is 0 Å². The standard InChI is InChI=1S/C12H12ClN3/c13-8-4-7-2-1-3-9(7)10(5-8)11-6-12(14)16-15-11/h4-6H,1-3H2,(H3,14,15,16). The van der Waals surface area contributed by atoms with Gasteiger partial charge in [-0.15, -0.1) is 0 Å². The number of fused-ring (bicyclic) bond motifs is 1. The van der Waals surface area contributed by atoms with Crippen LogP contribution in [0.15, 0.2) is 18.2 Å². The molecule has 0 fully saturated rings. The lowest BCUT2D eigenvalue weighted by molar-refractivity contribution is 0.912. The van der Waals surface area contributed by atoms with Crippen LogP contribution in [0, 0.1) is 0 Å². The van der Waals surface area contributed by atoms with Gasteiger partial charge in [-0.2, -0.15) is 5.10 Å². The first-order chi connectivity index (χ1) is 7.74. The molecular weight excluding hydrogens is 222 g/mol. The van der Waals surface area contributed by atoms with Crippen molar-refractivity contribution in [3.8, 4) is 11.3 Å². The third-order valence-electron chi connectivity index (χ3n) is 3.07. The maximum absolute atomic E-state index is 6.12. The van der Waals surface area contributed by atoms with Crippen molar-refractivity contribution in [1.29, 1.82) is 0 Å². The summed E-state index contributed by atoms with van der Waals surface area (Å²) in [4.78, 5) is 0. The average molecular weight is 234 g/mol. The highest BCUT2D eigenvalue weighted by Gasteiger charge is 2.17. The fourth-order valence-electron chi connectivity index (χ4n) is 2.38. The minimum absolute atomic E-state index is 0.515. The van der Waals surface area contributed by atoms with Gasteiger partial charge in [-0.25, -0.2) is 0 Å². The van der Waals surface area contributed by atoms with E-state index in [4.69, 9.17) is 17.3 Å². The summed E-state index contributed by atoms with van der Waals surface area (Å²) < 4.78 is 0. The fraction of sp³-hybridized carbons (Fsp3) is 0.250. The Morgan fingerprint density at radius 1 is 1.25 bits per heavy atom. The van der Waals surface area contributed by atoms with E-state index >= 15 is 0 Å². The second-order valence-corrected chi connectivity index (χ2v) is 4.59.